The lowest BCUT2D eigenvalue weighted by atomic mass is 9.47. The largest absolute Gasteiger partial charge is 0.378 e. The summed E-state index contributed by atoms with van der Waals surface area (Å²) in [5, 5.41) is 0. The summed E-state index contributed by atoms with van der Waals surface area (Å²) >= 11 is 0. The van der Waals surface area contributed by atoms with Crippen molar-refractivity contribution in [1.82, 2.24) is 0 Å². The van der Waals surface area contributed by atoms with Crippen LogP contribution in [-0.2, 0) is 14.2 Å². The summed E-state index contributed by atoms with van der Waals surface area (Å²) < 4.78 is 18.5. The first-order valence-electron chi connectivity index (χ1n) is 11.6. The normalized spacial score (nSPS) is 48.0. The lowest BCUT2D eigenvalue weighted by Crippen LogP contribution is -2.53. The van der Waals surface area contributed by atoms with E-state index in [4.69, 9.17) is 14.2 Å². The van der Waals surface area contributed by atoms with Crippen LogP contribution in [0.4, 0.5) is 0 Å². The molecule has 1 aliphatic heterocycles. The lowest BCUT2D eigenvalue weighted by Gasteiger charge is -2.58. The van der Waals surface area contributed by atoms with Gasteiger partial charge in [-0.05, 0) is 73.5 Å². The average Bonchev–Trinajstić information content (AvgIpc) is 3.25. The Hall–Kier alpha value is -0.380. The van der Waals surface area contributed by atoms with Crippen molar-refractivity contribution in [3.63, 3.8) is 0 Å². The van der Waals surface area contributed by atoms with E-state index in [0.29, 0.717) is 16.9 Å². The van der Waals surface area contributed by atoms with Crippen molar-refractivity contribution in [1.29, 1.82) is 0 Å². The van der Waals surface area contributed by atoms with Crippen LogP contribution in [0.25, 0.3) is 0 Å². The van der Waals surface area contributed by atoms with Gasteiger partial charge in [0.2, 0.25) is 0 Å². The van der Waals surface area contributed by atoms with E-state index in [2.05, 4.69) is 26.8 Å². The Bertz CT molecular complexity index is 607. The van der Waals surface area contributed by atoms with Crippen LogP contribution in [0.2, 0.25) is 0 Å². The molecule has 152 valence electrons. The van der Waals surface area contributed by atoms with Crippen LogP contribution in [0.3, 0.4) is 0 Å². The first-order chi connectivity index (χ1) is 13.0. The van der Waals surface area contributed by atoms with Crippen molar-refractivity contribution < 1.29 is 14.2 Å². The highest BCUT2D eigenvalue weighted by molar-refractivity contribution is 5.26. The van der Waals surface area contributed by atoms with Crippen molar-refractivity contribution in [2.45, 2.75) is 90.4 Å². The maximum atomic E-state index is 6.35. The number of fused-ring (bicyclic) bond motifs is 5. The summed E-state index contributed by atoms with van der Waals surface area (Å²) in [5.41, 5.74) is 2.43. The zero-order chi connectivity index (χ0) is 18.7. The minimum atomic E-state index is -0.284. The fourth-order valence-electron chi connectivity index (χ4n) is 7.83. The van der Waals surface area contributed by atoms with E-state index in [1.165, 1.54) is 38.5 Å². The van der Waals surface area contributed by atoms with Crippen LogP contribution in [0.5, 0.6) is 0 Å². The lowest BCUT2D eigenvalue weighted by molar-refractivity contribution is -0.186. The quantitative estimate of drug-likeness (QED) is 0.612. The van der Waals surface area contributed by atoms with Gasteiger partial charge in [-0.15, -0.1) is 0 Å². The molecule has 1 heterocycles. The Balaban J connectivity index is 1.39. The van der Waals surface area contributed by atoms with Crippen LogP contribution >= 0.6 is 0 Å². The zero-order valence-corrected chi connectivity index (χ0v) is 17.6. The van der Waals surface area contributed by atoms with Crippen molar-refractivity contribution in [2.24, 2.45) is 28.6 Å². The number of rotatable bonds is 3. The molecule has 4 aliphatic carbocycles. The molecule has 0 unspecified atom stereocenters. The van der Waals surface area contributed by atoms with E-state index in [0.717, 1.165) is 56.8 Å². The van der Waals surface area contributed by atoms with Gasteiger partial charge in [-0.1, -0.05) is 32.4 Å². The van der Waals surface area contributed by atoms with Gasteiger partial charge in [0, 0.05) is 19.4 Å². The first kappa shape index (κ1) is 18.6. The minimum absolute atomic E-state index is 0.284. The van der Waals surface area contributed by atoms with Crippen LogP contribution in [0.1, 0.15) is 78.6 Å². The van der Waals surface area contributed by atoms with Crippen molar-refractivity contribution >= 4 is 0 Å². The predicted octanol–water partition coefficient (Wildman–Crippen LogP) is 5.49. The van der Waals surface area contributed by atoms with Crippen LogP contribution < -0.4 is 0 Å². The smallest absolute Gasteiger partial charge is 0.172 e. The molecule has 3 nitrogen and oxygen atoms in total. The summed E-state index contributed by atoms with van der Waals surface area (Å²) in [6, 6.07) is 0. The van der Waals surface area contributed by atoms with Gasteiger partial charge < -0.3 is 14.2 Å². The third-order valence-corrected chi connectivity index (χ3v) is 9.36. The second-order valence-corrected chi connectivity index (χ2v) is 10.5. The summed E-state index contributed by atoms with van der Waals surface area (Å²) in [5.74, 6) is 2.27. The maximum Gasteiger partial charge on any atom is 0.172 e. The van der Waals surface area contributed by atoms with Crippen molar-refractivity contribution in [2.75, 3.05) is 19.8 Å². The molecule has 3 saturated carbocycles. The summed E-state index contributed by atoms with van der Waals surface area (Å²) in [6.07, 6.45) is 14.2. The van der Waals surface area contributed by atoms with E-state index in [-0.39, 0.29) is 5.79 Å². The molecule has 5 rings (SSSR count). The zero-order valence-electron chi connectivity index (χ0n) is 17.6. The Morgan fingerprint density at radius 2 is 1.85 bits per heavy atom. The summed E-state index contributed by atoms with van der Waals surface area (Å²) in [4.78, 5) is 0. The van der Waals surface area contributed by atoms with Gasteiger partial charge in [-0.2, -0.15) is 0 Å². The highest BCUT2D eigenvalue weighted by Crippen LogP contribution is 2.66. The second kappa shape index (κ2) is 6.57. The van der Waals surface area contributed by atoms with Crippen LogP contribution in [0, 0.1) is 28.6 Å². The number of hydrogen-bond donors (Lipinski definition) is 0. The van der Waals surface area contributed by atoms with E-state index in [1.54, 1.807) is 5.57 Å². The SMILES string of the molecule is CCCO[C@@H]1CC[C@H]2[C@@H]3CC=C4CC5(CC[C@]4(C)[C@H]3CC[C@]12C)OCCO5. The first-order valence-corrected chi connectivity index (χ1v) is 11.6. The summed E-state index contributed by atoms with van der Waals surface area (Å²) in [7, 11) is 0. The van der Waals surface area contributed by atoms with Gasteiger partial charge in [-0.3, -0.25) is 0 Å². The third-order valence-electron chi connectivity index (χ3n) is 9.36. The monoisotopic (exact) mass is 374 g/mol. The van der Waals surface area contributed by atoms with E-state index < -0.39 is 0 Å². The molecular weight excluding hydrogens is 336 g/mol. The van der Waals surface area contributed by atoms with Gasteiger partial charge in [0.05, 0.1) is 19.3 Å². The molecule has 5 aliphatic rings. The van der Waals surface area contributed by atoms with E-state index in [1.807, 2.05) is 0 Å². The molecule has 0 amide bonds. The molecule has 4 fully saturated rings. The van der Waals surface area contributed by atoms with Crippen LogP contribution in [0.15, 0.2) is 11.6 Å². The molecule has 27 heavy (non-hydrogen) atoms. The third kappa shape index (κ3) is 2.71. The fourth-order valence-corrected chi connectivity index (χ4v) is 7.83. The van der Waals surface area contributed by atoms with E-state index in [9.17, 15) is 0 Å². The van der Waals surface area contributed by atoms with Crippen molar-refractivity contribution in [3.8, 4) is 0 Å². The molecule has 0 aromatic rings. The van der Waals surface area contributed by atoms with Crippen molar-refractivity contribution in [3.05, 3.63) is 11.6 Å². The van der Waals surface area contributed by atoms with Gasteiger partial charge in [-0.25, -0.2) is 0 Å². The predicted molar refractivity (Wildman–Crippen MR) is 106 cm³/mol. The molecule has 0 N–H and O–H groups in total. The van der Waals surface area contributed by atoms with Crippen LogP contribution in [-0.4, -0.2) is 31.7 Å². The molecule has 0 aromatic heterocycles. The highest BCUT2D eigenvalue weighted by Gasteiger charge is 2.60. The highest BCUT2D eigenvalue weighted by atomic mass is 16.7. The molecule has 0 bridgehead atoms. The average molecular weight is 375 g/mol. The molecule has 1 saturated heterocycles. The molecule has 0 aromatic carbocycles. The maximum absolute atomic E-state index is 6.35. The molecule has 6 atom stereocenters. The molecule has 3 heteroatoms. The Kier molecular flexibility index (Phi) is 4.53. The molecule has 1 spiro atoms. The number of ether oxygens (including phenoxy) is 3. The Labute approximate surface area is 165 Å². The fraction of sp³-hybridized carbons (Fsp3) is 0.917. The minimum Gasteiger partial charge on any atom is -0.378 e. The number of hydrogen-bond acceptors (Lipinski definition) is 3. The Morgan fingerprint density at radius 1 is 1.04 bits per heavy atom. The Morgan fingerprint density at radius 3 is 2.63 bits per heavy atom. The molecular formula is C24H38O3. The standard InChI is InChI=1S/C24H38O3/c1-4-13-25-21-8-7-19-18-6-5-17-16-24(26-14-15-27-24)12-11-22(17,2)20(18)9-10-23(19,21)3/h5,18-21H,4,6-16H2,1-3H3/t18-,19-,20-,21+,22-,23-/m0/s1. The van der Waals surface area contributed by atoms with Gasteiger partial charge in [0.15, 0.2) is 5.79 Å². The van der Waals surface area contributed by atoms with Gasteiger partial charge >= 0.3 is 0 Å². The van der Waals surface area contributed by atoms with Gasteiger partial charge in [0.25, 0.3) is 0 Å². The second-order valence-electron chi connectivity index (χ2n) is 10.5. The topological polar surface area (TPSA) is 27.7 Å². The number of allylic oxidation sites excluding steroid dienone is 1. The molecule has 0 radical (unpaired) electrons. The summed E-state index contributed by atoms with van der Waals surface area (Å²) in [6.45, 7) is 9.84. The van der Waals surface area contributed by atoms with E-state index >= 15 is 0 Å². The van der Waals surface area contributed by atoms with Gasteiger partial charge in [0.1, 0.15) is 0 Å².